The Kier molecular flexibility index (Phi) is 6.16. The van der Waals surface area contributed by atoms with Gasteiger partial charge >= 0.3 is 5.97 Å². The van der Waals surface area contributed by atoms with E-state index in [1.807, 2.05) is 0 Å². The summed E-state index contributed by atoms with van der Waals surface area (Å²) in [5.41, 5.74) is 3.79. The second-order valence-electron chi connectivity index (χ2n) is 4.47. The van der Waals surface area contributed by atoms with E-state index < -0.39 is 6.43 Å². The van der Waals surface area contributed by atoms with Crippen LogP contribution >= 0.6 is 11.3 Å². The maximum absolute atomic E-state index is 12.6. The van der Waals surface area contributed by atoms with Crippen molar-refractivity contribution in [3.05, 3.63) is 46.5 Å². The van der Waals surface area contributed by atoms with Gasteiger partial charge < -0.3 is 4.74 Å². The number of alkyl halides is 2. The van der Waals surface area contributed by atoms with Gasteiger partial charge in [0.15, 0.2) is 0 Å². The van der Waals surface area contributed by atoms with Gasteiger partial charge in [0.2, 0.25) is 5.13 Å². The third-order valence-electron chi connectivity index (χ3n) is 2.72. The minimum Gasteiger partial charge on any atom is -0.466 e. The summed E-state index contributed by atoms with van der Waals surface area (Å²) in [6.45, 7) is 2.07. The molecule has 2 rings (SSSR count). The molecular weight excluding hydrogens is 324 g/mol. The van der Waals surface area contributed by atoms with Crippen LogP contribution < -0.4 is 5.43 Å². The van der Waals surface area contributed by atoms with Crippen LogP contribution in [0.1, 0.15) is 30.2 Å². The topological polar surface area (TPSA) is 63.6 Å². The highest BCUT2D eigenvalue weighted by Crippen LogP contribution is 2.19. The smallest absolute Gasteiger partial charge is 0.311 e. The molecule has 0 aliphatic carbocycles. The molecule has 0 atom stereocenters. The van der Waals surface area contributed by atoms with Crippen LogP contribution in [0.4, 0.5) is 13.9 Å². The number of ether oxygens (including phenoxy) is 1. The molecule has 1 heterocycles. The molecule has 0 bridgehead atoms. The highest BCUT2D eigenvalue weighted by atomic mass is 32.1. The van der Waals surface area contributed by atoms with E-state index in [1.54, 1.807) is 24.4 Å². The Morgan fingerprint density at radius 2 is 2.35 bits per heavy atom. The number of halogens is 2. The second kappa shape index (κ2) is 8.33. The molecule has 1 N–H and O–H groups in total. The number of anilines is 1. The predicted molar refractivity (Wildman–Crippen MR) is 85.1 cm³/mol. The van der Waals surface area contributed by atoms with Gasteiger partial charge in [-0.1, -0.05) is 18.2 Å². The molecule has 0 aliphatic rings. The fourth-order valence-corrected chi connectivity index (χ4v) is 2.40. The van der Waals surface area contributed by atoms with E-state index in [4.69, 9.17) is 4.74 Å². The van der Waals surface area contributed by atoms with Crippen LogP contribution in [-0.4, -0.2) is 23.8 Å². The molecule has 0 fully saturated rings. The monoisotopic (exact) mass is 339 g/mol. The molecule has 0 spiro atoms. The molecule has 1 aromatic heterocycles. The molecule has 5 nitrogen and oxygen atoms in total. The van der Waals surface area contributed by atoms with Crippen molar-refractivity contribution in [1.82, 2.24) is 4.98 Å². The van der Waals surface area contributed by atoms with Gasteiger partial charge in [0.05, 0.1) is 24.9 Å². The van der Waals surface area contributed by atoms with Crippen molar-refractivity contribution in [3.8, 4) is 0 Å². The maximum Gasteiger partial charge on any atom is 0.311 e. The largest absolute Gasteiger partial charge is 0.466 e. The number of nitrogens with zero attached hydrogens (tertiary/aromatic N) is 2. The van der Waals surface area contributed by atoms with Gasteiger partial charge in [-0.25, -0.2) is 13.8 Å². The quantitative estimate of drug-likeness (QED) is 0.475. The first-order valence-electron chi connectivity index (χ1n) is 6.85. The lowest BCUT2D eigenvalue weighted by atomic mass is 10.1. The van der Waals surface area contributed by atoms with E-state index in [-0.39, 0.29) is 18.0 Å². The maximum atomic E-state index is 12.6. The van der Waals surface area contributed by atoms with Crippen LogP contribution in [0.3, 0.4) is 0 Å². The highest BCUT2D eigenvalue weighted by molar-refractivity contribution is 7.13. The van der Waals surface area contributed by atoms with Gasteiger partial charge in [0.1, 0.15) is 0 Å². The molecule has 23 heavy (non-hydrogen) atoms. The van der Waals surface area contributed by atoms with Crippen LogP contribution in [0.5, 0.6) is 0 Å². The first-order chi connectivity index (χ1) is 11.1. The Balaban J connectivity index is 1.92. The van der Waals surface area contributed by atoms with Gasteiger partial charge in [-0.15, -0.1) is 11.3 Å². The SMILES string of the molecule is CCOC(=O)Cc1csc(NN=Cc2cccc(C(F)F)c2)n1. The number of esters is 1. The number of rotatable bonds is 7. The number of nitrogens with one attached hydrogen (secondary N) is 1. The lowest BCUT2D eigenvalue weighted by Gasteiger charge is -2.00. The second-order valence-corrected chi connectivity index (χ2v) is 5.32. The van der Waals surface area contributed by atoms with Crippen molar-refractivity contribution >= 4 is 28.7 Å². The van der Waals surface area contributed by atoms with Crippen molar-refractivity contribution in [2.75, 3.05) is 12.0 Å². The molecule has 2 aromatic rings. The predicted octanol–water partition coefficient (Wildman–Crippen LogP) is 3.63. The Bertz CT molecular complexity index is 689. The lowest BCUT2D eigenvalue weighted by Crippen LogP contribution is -2.07. The van der Waals surface area contributed by atoms with Gasteiger partial charge in [0, 0.05) is 10.9 Å². The Morgan fingerprint density at radius 1 is 1.52 bits per heavy atom. The van der Waals surface area contributed by atoms with Gasteiger partial charge in [-0.3, -0.25) is 10.2 Å². The average molecular weight is 339 g/mol. The number of aromatic nitrogens is 1. The standard InChI is InChI=1S/C15H15F2N3O2S/c1-2-22-13(21)7-12-9-23-15(19-12)20-18-8-10-4-3-5-11(6-10)14(16)17/h3-6,8-9,14H,2,7H2,1H3,(H,19,20). The number of hydrogen-bond donors (Lipinski definition) is 1. The molecule has 0 unspecified atom stereocenters. The molecular formula is C15H15F2N3O2S. The molecule has 122 valence electrons. The van der Waals surface area contributed by atoms with Crippen molar-refractivity contribution in [3.63, 3.8) is 0 Å². The fraction of sp³-hybridized carbons (Fsp3) is 0.267. The summed E-state index contributed by atoms with van der Waals surface area (Å²) in [6, 6.07) is 5.94. The highest BCUT2D eigenvalue weighted by Gasteiger charge is 2.08. The van der Waals surface area contributed by atoms with E-state index in [0.717, 1.165) is 0 Å². The zero-order valence-corrected chi connectivity index (χ0v) is 13.1. The van der Waals surface area contributed by atoms with Crippen LogP contribution in [-0.2, 0) is 16.0 Å². The van der Waals surface area contributed by atoms with E-state index in [2.05, 4.69) is 15.5 Å². The average Bonchev–Trinajstić information content (AvgIpc) is 2.95. The number of hydrogen-bond acceptors (Lipinski definition) is 6. The lowest BCUT2D eigenvalue weighted by molar-refractivity contribution is -0.142. The number of benzene rings is 1. The van der Waals surface area contributed by atoms with Crippen LogP contribution in [0, 0.1) is 0 Å². The molecule has 1 aromatic carbocycles. The summed E-state index contributed by atoms with van der Waals surface area (Å²) < 4.78 is 30.0. The summed E-state index contributed by atoms with van der Waals surface area (Å²) in [7, 11) is 0. The summed E-state index contributed by atoms with van der Waals surface area (Å²) in [5, 5.41) is 6.19. The van der Waals surface area contributed by atoms with Crippen molar-refractivity contribution in [2.45, 2.75) is 19.8 Å². The number of carbonyl (C=O) groups excluding carboxylic acids is 1. The number of hydrazone groups is 1. The Hall–Kier alpha value is -2.35. The zero-order chi connectivity index (χ0) is 16.7. The van der Waals surface area contributed by atoms with Crippen LogP contribution in [0.2, 0.25) is 0 Å². The number of thiazole rings is 1. The first-order valence-corrected chi connectivity index (χ1v) is 7.73. The van der Waals surface area contributed by atoms with Crippen molar-refractivity contribution < 1.29 is 18.3 Å². The summed E-state index contributed by atoms with van der Waals surface area (Å²) in [5.74, 6) is -0.336. The van der Waals surface area contributed by atoms with Gasteiger partial charge in [-0.05, 0) is 18.6 Å². The minimum atomic E-state index is -2.51. The van der Waals surface area contributed by atoms with E-state index >= 15 is 0 Å². The molecule has 0 saturated carbocycles. The number of carbonyl (C=O) groups is 1. The molecule has 0 aliphatic heterocycles. The first kappa shape index (κ1) is 17.0. The molecule has 0 radical (unpaired) electrons. The van der Waals surface area contributed by atoms with E-state index in [0.29, 0.717) is 23.0 Å². The normalized spacial score (nSPS) is 11.1. The third kappa shape index (κ3) is 5.41. The van der Waals surface area contributed by atoms with E-state index in [1.165, 1.54) is 29.7 Å². The van der Waals surface area contributed by atoms with Crippen LogP contribution in [0.25, 0.3) is 0 Å². The Morgan fingerprint density at radius 3 is 3.09 bits per heavy atom. The van der Waals surface area contributed by atoms with Crippen molar-refractivity contribution in [2.24, 2.45) is 5.10 Å². The Labute approximate surface area is 136 Å². The van der Waals surface area contributed by atoms with Crippen LogP contribution in [0.15, 0.2) is 34.7 Å². The summed E-state index contributed by atoms with van der Waals surface area (Å²) in [6.07, 6.45) is -0.981. The summed E-state index contributed by atoms with van der Waals surface area (Å²) >= 11 is 1.29. The van der Waals surface area contributed by atoms with Gasteiger partial charge in [0.25, 0.3) is 6.43 Å². The molecule has 0 saturated heterocycles. The zero-order valence-electron chi connectivity index (χ0n) is 12.3. The fourth-order valence-electron chi connectivity index (χ4n) is 1.74. The third-order valence-corrected chi connectivity index (χ3v) is 3.51. The van der Waals surface area contributed by atoms with Gasteiger partial charge in [-0.2, -0.15) is 5.10 Å². The summed E-state index contributed by atoms with van der Waals surface area (Å²) in [4.78, 5) is 15.5. The van der Waals surface area contributed by atoms with Crippen molar-refractivity contribution in [1.29, 1.82) is 0 Å². The molecule has 8 heteroatoms. The van der Waals surface area contributed by atoms with E-state index in [9.17, 15) is 13.6 Å². The molecule has 0 amide bonds. The minimum absolute atomic E-state index is 0.0556.